The number of hydrogen-bond acceptors (Lipinski definition) is 4. The highest BCUT2D eigenvalue weighted by molar-refractivity contribution is 7.92. The van der Waals surface area contributed by atoms with Gasteiger partial charge in [-0.1, -0.05) is 36.4 Å². The summed E-state index contributed by atoms with van der Waals surface area (Å²) in [6, 6.07) is 22.3. The van der Waals surface area contributed by atoms with E-state index in [-0.39, 0.29) is 18.5 Å². The number of sulfonamides is 1. The Morgan fingerprint density at radius 1 is 1.03 bits per heavy atom. The molecule has 4 rings (SSSR count). The van der Waals surface area contributed by atoms with Gasteiger partial charge in [-0.15, -0.1) is 0 Å². The fraction of sp³-hybridized carbons (Fsp3) is 0.296. The molecule has 0 heterocycles. The van der Waals surface area contributed by atoms with Crippen molar-refractivity contribution in [1.29, 1.82) is 0 Å². The molecule has 1 unspecified atom stereocenters. The molecule has 0 bridgehead atoms. The lowest BCUT2D eigenvalue weighted by molar-refractivity contribution is 0.0932. The molecule has 1 N–H and O–H groups in total. The van der Waals surface area contributed by atoms with Crippen LogP contribution in [0, 0.1) is 0 Å². The van der Waals surface area contributed by atoms with Crippen LogP contribution in [0.2, 0.25) is 0 Å². The van der Waals surface area contributed by atoms with Crippen molar-refractivity contribution >= 4 is 21.6 Å². The monoisotopic (exact) mass is 478 g/mol. The van der Waals surface area contributed by atoms with Crippen LogP contribution in [0.1, 0.15) is 52.9 Å². The number of anilines is 1. The second-order valence-corrected chi connectivity index (χ2v) is 10.4. The van der Waals surface area contributed by atoms with Crippen LogP contribution in [0.4, 0.5) is 5.69 Å². The number of nitrogens with zero attached hydrogens (tertiary/aromatic N) is 1. The second kappa shape index (κ2) is 10.3. The molecule has 1 aliphatic rings. The van der Waals surface area contributed by atoms with E-state index in [1.54, 1.807) is 48.5 Å². The van der Waals surface area contributed by atoms with Gasteiger partial charge in [0.1, 0.15) is 5.75 Å². The first kappa shape index (κ1) is 23.8. The number of rotatable bonds is 8. The van der Waals surface area contributed by atoms with Crippen molar-refractivity contribution < 1.29 is 17.9 Å². The predicted octanol–water partition coefficient (Wildman–Crippen LogP) is 4.86. The Morgan fingerprint density at radius 2 is 1.74 bits per heavy atom. The first-order valence-electron chi connectivity index (χ1n) is 11.5. The molecule has 6 nitrogen and oxygen atoms in total. The van der Waals surface area contributed by atoms with Gasteiger partial charge < -0.3 is 10.1 Å². The minimum atomic E-state index is -3.50. The highest BCUT2D eigenvalue weighted by Crippen LogP contribution is 2.30. The van der Waals surface area contributed by atoms with Crippen molar-refractivity contribution in [2.75, 3.05) is 17.2 Å². The summed E-state index contributed by atoms with van der Waals surface area (Å²) < 4.78 is 31.7. The van der Waals surface area contributed by atoms with Crippen LogP contribution in [0.5, 0.6) is 5.75 Å². The van der Waals surface area contributed by atoms with Crippen LogP contribution >= 0.6 is 0 Å². The number of amides is 1. The molecule has 7 heteroatoms. The van der Waals surface area contributed by atoms with Gasteiger partial charge in [0, 0.05) is 5.56 Å². The maximum atomic E-state index is 12.9. The summed E-state index contributed by atoms with van der Waals surface area (Å²) in [6.45, 7) is 2.61. The lowest BCUT2D eigenvalue weighted by Gasteiger charge is -2.26. The zero-order chi connectivity index (χ0) is 24.1. The fourth-order valence-electron chi connectivity index (χ4n) is 4.35. The molecule has 1 aliphatic carbocycles. The number of carbonyl (C=O) groups excluding carboxylic acids is 1. The van der Waals surface area contributed by atoms with E-state index < -0.39 is 10.0 Å². The van der Waals surface area contributed by atoms with E-state index in [9.17, 15) is 13.2 Å². The van der Waals surface area contributed by atoms with E-state index in [1.807, 2.05) is 19.1 Å². The summed E-state index contributed by atoms with van der Waals surface area (Å²) in [6.07, 6.45) is 4.20. The minimum Gasteiger partial charge on any atom is -0.494 e. The maximum Gasteiger partial charge on any atom is 0.251 e. The molecule has 3 aromatic carbocycles. The topological polar surface area (TPSA) is 75.7 Å². The Balaban J connectivity index is 1.46. The average molecular weight is 479 g/mol. The Kier molecular flexibility index (Phi) is 7.22. The summed E-state index contributed by atoms with van der Waals surface area (Å²) in [5.41, 5.74) is 4.39. The summed E-state index contributed by atoms with van der Waals surface area (Å²) in [7, 11) is -3.50. The van der Waals surface area contributed by atoms with Crippen LogP contribution in [0.15, 0.2) is 72.8 Å². The van der Waals surface area contributed by atoms with Crippen molar-refractivity contribution in [2.24, 2.45) is 0 Å². The normalized spacial score (nSPS) is 15.3. The minimum absolute atomic E-state index is 0.0116. The van der Waals surface area contributed by atoms with E-state index in [2.05, 4.69) is 17.4 Å². The van der Waals surface area contributed by atoms with Crippen LogP contribution in [0.25, 0.3) is 0 Å². The largest absolute Gasteiger partial charge is 0.494 e. The Hall–Kier alpha value is -3.32. The summed E-state index contributed by atoms with van der Waals surface area (Å²) >= 11 is 0. The van der Waals surface area contributed by atoms with Crippen LogP contribution < -0.4 is 14.4 Å². The third kappa shape index (κ3) is 5.59. The average Bonchev–Trinajstić information content (AvgIpc) is 2.83. The zero-order valence-corrected chi connectivity index (χ0v) is 20.3. The molecule has 0 radical (unpaired) electrons. The molecule has 0 spiro atoms. The van der Waals surface area contributed by atoms with Gasteiger partial charge in [-0.25, -0.2) is 8.42 Å². The number of ether oxygens (including phenoxy) is 1. The first-order valence-corrected chi connectivity index (χ1v) is 13.4. The van der Waals surface area contributed by atoms with Gasteiger partial charge in [0.25, 0.3) is 5.91 Å². The van der Waals surface area contributed by atoms with Gasteiger partial charge in [0.05, 0.1) is 31.1 Å². The lowest BCUT2D eigenvalue weighted by atomic mass is 9.87. The predicted molar refractivity (Wildman–Crippen MR) is 135 cm³/mol. The Bertz CT molecular complexity index is 1240. The molecular weight excluding hydrogens is 448 g/mol. The van der Waals surface area contributed by atoms with Crippen molar-refractivity contribution in [2.45, 2.75) is 38.8 Å². The van der Waals surface area contributed by atoms with E-state index in [0.717, 1.165) is 24.8 Å². The van der Waals surface area contributed by atoms with E-state index in [4.69, 9.17) is 4.74 Å². The van der Waals surface area contributed by atoms with Gasteiger partial charge in [0.15, 0.2) is 0 Å². The van der Waals surface area contributed by atoms with Gasteiger partial charge in [0.2, 0.25) is 10.0 Å². The fourth-order valence-corrected chi connectivity index (χ4v) is 5.24. The molecule has 1 amide bonds. The number of aryl methyl sites for hydroxylation is 1. The second-order valence-electron chi connectivity index (χ2n) is 8.51. The quantitative estimate of drug-likeness (QED) is 0.502. The number of carbonyl (C=O) groups is 1. The van der Waals surface area contributed by atoms with E-state index >= 15 is 0 Å². The van der Waals surface area contributed by atoms with E-state index in [1.165, 1.54) is 21.7 Å². The van der Waals surface area contributed by atoms with Crippen molar-refractivity contribution in [3.05, 3.63) is 95.1 Å². The van der Waals surface area contributed by atoms with Crippen LogP contribution in [-0.2, 0) is 23.0 Å². The zero-order valence-electron chi connectivity index (χ0n) is 19.5. The number of hydrogen-bond donors (Lipinski definition) is 1. The van der Waals surface area contributed by atoms with Gasteiger partial charge in [-0.3, -0.25) is 9.10 Å². The molecule has 34 heavy (non-hydrogen) atoms. The Morgan fingerprint density at radius 3 is 2.41 bits per heavy atom. The molecule has 0 saturated carbocycles. The van der Waals surface area contributed by atoms with Crippen LogP contribution in [-0.4, -0.2) is 27.2 Å². The van der Waals surface area contributed by atoms with E-state index in [0.29, 0.717) is 23.6 Å². The van der Waals surface area contributed by atoms with Crippen molar-refractivity contribution in [1.82, 2.24) is 5.32 Å². The molecule has 1 atom stereocenters. The van der Waals surface area contributed by atoms with Crippen molar-refractivity contribution in [3.8, 4) is 5.75 Å². The molecule has 0 aliphatic heterocycles. The molecule has 178 valence electrons. The summed E-state index contributed by atoms with van der Waals surface area (Å²) in [5.74, 6) is 0.565. The number of fused-ring (bicyclic) bond motifs is 1. The van der Waals surface area contributed by atoms with Gasteiger partial charge >= 0.3 is 0 Å². The van der Waals surface area contributed by atoms with Crippen LogP contribution in [0.3, 0.4) is 0 Å². The van der Waals surface area contributed by atoms with Crippen molar-refractivity contribution in [3.63, 3.8) is 0 Å². The summed E-state index contributed by atoms with van der Waals surface area (Å²) in [4.78, 5) is 12.9. The molecule has 0 saturated heterocycles. The maximum absolute atomic E-state index is 12.9. The first-order chi connectivity index (χ1) is 16.3. The Labute approximate surface area is 201 Å². The molecular formula is C27H30N2O4S. The van der Waals surface area contributed by atoms with Gasteiger partial charge in [-0.2, -0.15) is 0 Å². The lowest BCUT2D eigenvalue weighted by Crippen LogP contribution is -2.31. The molecule has 0 aromatic heterocycles. The van der Waals surface area contributed by atoms with Gasteiger partial charge in [-0.05, 0) is 79.3 Å². The summed E-state index contributed by atoms with van der Waals surface area (Å²) in [5, 5.41) is 3.16. The SMILES string of the molecule is CCOc1ccc(N(Cc2ccc(C(=O)NC3CCCc4ccccc43)cc2)S(C)(=O)=O)cc1. The third-order valence-electron chi connectivity index (χ3n) is 6.05. The number of benzene rings is 3. The molecule has 3 aromatic rings. The highest BCUT2D eigenvalue weighted by atomic mass is 32.2. The highest BCUT2D eigenvalue weighted by Gasteiger charge is 2.22. The smallest absolute Gasteiger partial charge is 0.251 e. The number of nitrogens with one attached hydrogen (secondary N) is 1. The molecule has 0 fully saturated rings. The standard InChI is InChI=1S/C27H30N2O4S/c1-3-33-24-17-15-23(16-18-24)29(34(2,31)32)19-20-11-13-22(14-12-20)27(30)28-26-10-6-8-21-7-4-5-9-25(21)26/h4-5,7,9,11-18,26H,3,6,8,10,19H2,1-2H3,(H,28,30). The third-order valence-corrected chi connectivity index (χ3v) is 7.19.